The molecule has 0 aromatic heterocycles. The van der Waals surface area contributed by atoms with Crippen LogP contribution < -0.4 is 0 Å². The molecular weight excluding hydrogens is 236 g/mol. The normalized spacial score (nSPS) is 17.8. The van der Waals surface area contributed by atoms with Crippen molar-refractivity contribution < 1.29 is 4.39 Å². The van der Waals surface area contributed by atoms with Crippen molar-refractivity contribution in [3.05, 3.63) is 34.6 Å². The smallest absolute Gasteiger partial charge is 0.146 e. The number of halogens is 3. The highest BCUT2D eigenvalue weighted by Crippen LogP contribution is 2.23. The van der Waals surface area contributed by atoms with Crippen molar-refractivity contribution in [2.45, 2.75) is 6.54 Å². The molecule has 0 N–H and O–H groups in total. The fraction of sp³-hybridized carbons (Fsp3) is 0.455. The molecule has 82 valence electrons. The molecule has 0 saturated carbocycles. The van der Waals surface area contributed by atoms with E-state index in [0.29, 0.717) is 23.9 Å². The van der Waals surface area contributed by atoms with Gasteiger partial charge in [-0.1, -0.05) is 23.7 Å². The molecule has 1 aliphatic rings. The fourth-order valence-corrected chi connectivity index (χ4v) is 2.20. The van der Waals surface area contributed by atoms with Gasteiger partial charge in [0.15, 0.2) is 0 Å². The first kappa shape index (κ1) is 11.2. The summed E-state index contributed by atoms with van der Waals surface area (Å²) in [5.41, 5.74) is 0.663. The lowest BCUT2D eigenvalue weighted by Gasteiger charge is -2.38. The Balaban J connectivity index is 1.97. The largest absolute Gasteiger partial charge is 0.298 e. The van der Waals surface area contributed by atoms with Crippen molar-refractivity contribution >= 4 is 23.2 Å². The average Bonchev–Trinajstić information content (AvgIpc) is 2.17. The van der Waals surface area contributed by atoms with E-state index < -0.39 is 0 Å². The summed E-state index contributed by atoms with van der Waals surface area (Å²) in [4.78, 5) is 2.17. The third kappa shape index (κ3) is 2.44. The van der Waals surface area contributed by atoms with Crippen LogP contribution in [-0.4, -0.2) is 23.9 Å². The number of alkyl halides is 1. The first-order chi connectivity index (χ1) is 7.20. The van der Waals surface area contributed by atoms with Crippen molar-refractivity contribution in [1.82, 2.24) is 4.90 Å². The van der Waals surface area contributed by atoms with Gasteiger partial charge in [-0.2, -0.15) is 0 Å². The summed E-state index contributed by atoms with van der Waals surface area (Å²) in [6.45, 7) is 2.53. The van der Waals surface area contributed by atoms with Gasteiger partial charge < -0.3 is 0 Å². The molecule has 0 bridgehead atoms. The summed E-state index contributed by atoms with van der Waals surface area (Å²) in [5.74, 6) is 0.955. The van der Waals surface area contributed by atoms with Crippen molar-refractivity contribution in [1.29, 1.82) is 0 Å². The first-order valence-electron chi connectivity index (χ1n) is 4.92. The summed E-state index contributed by atoms with van der Waals surface area (Å²) < 4.78 is 13.5. The van der Waals surface area contributed by atoms with Gasteiger partial charge in [0.25, 0.3) is 0 Å². The topological polar surface area (TPSA) is 3.24 Å². The van der Waals surface area contributed by atoms with Gasteiger partial charge in [-0.05, 0) is 12.0 Å². The van der Waals surface area contributed by atoms with Gasteiger partial charge in [0.05, 0.1) is 5.02 Å². The van der Waals surface area contributed by atoms with Crippen molar-refractivity contribution in [2.24, 2.45) is 5.92 Å². The summed E-state index contributed by atoms with van der Waals surface area (Å²) in [6.07, 6.45) is 0. The second-order valence-electron chi connectivity index (χ2n) is 3.93. The summed E-state index contributed by atoms with van der Waals surface area (Å²) >= 11 is 11.4. The molecule has 2 rings (SSSR count). The number of likely N-dealkylation sites (tertiary alicyclic amines) is 1. The van der Waals surface area contributed by atoms with Gasteiger partial charge in [-0.3, -0.25) is 4.90 Å². The van der Waals surface area contributed by atoms with Crippen LogP contribution in [0.3, 0.4) is 0 Å². The summed E-state index contributed by atoms with van der Waals surface area (Å²) in [5, 5.41) is 0.196. The summed E-state index contributed by atoms with van der Waals surface area (Å²) in [7, 11) is 0. The molecule has 0 amide bonds. The third-order valence-corrected chi connectivity index (χ3v) is 3.40. The van der Waals surface area contributed by atoms with E-state index in [-0.39, 0.29) is 10.8 Å². The Bertz CT molecular complexity index is 350. The van der Waals surface area contributed by atoms with E-state index in [2.05, 4.69) is 4.90 Å². The molecule has 1 saturated heterocycles. The lowest BCUT2D eigenvalue weighted by Crippen LogP contribution is -2.46. The number of nitrogens with zero attached hydrogens (tertiary/aromatic N) is 1. The van der Waals surface area contributed by atoms with E-state index in [0.717, 1.165) is 13.1 Å². The molecule has 0 spiro atoms. The molecule has 1 aromatic carbocycles. The van der Waals surface area contributed by atoms with Gasteiger partial charge in [0, 0.05) is 31.1 Å². The Kier molecular flexibility index (Phi) is 3.49. The Morgan fingerprint density at radius 3 is 2.80 bits per heavy atom. The lowest BCUT2D eigenvalue weighted by molar-refractivity contribution is 0.105. The Morgan fingerprint density at radius 1 is 1.40 bits per heavy atom. The van der Waals surface area contributed by atoms with Gasteiger partial charge in [0.2, 0.25) is 0 Å². The molecule has 1 heterocycles. The van der Waals surface area contributed by atoms with Crippen LogP contribution in [-0.2, 0) is 6.54 Å². The molecule has 1 aliphatic heterocycles. The van der Waals surface area contributed by atoms with E-state index in [1.54, 1.807) is 18.2 Å². The number of benzene rings is 1. The second kappa shape index (κ2) is 4.69. The van der Waals surface area contributed by atoms with Crippen molar-refractivity contribution in [3.63, 3.8) is 0 Å². The molecule has 1 aromatic rings. The maximum atomic E-state index is 13.5. The average molecular weight is 248 g/mol. The molecule has 0 unspecified atom stereocenters. The van der Waals surface area contributed by atoms with Crippen LogP contribution in [0.1, 0.15) is 5.56 Å². The van der Waals surface area contributed by atoms with Crippen LogP contribution in [0.5, 0.6) is 0 Å². The predicted molar refractivity (Wildman–Crippen MR) is 60.9 cm³/mol. The van der Waals surface area contributed by atoms with Crippen LogP contribution in [0.2, 0.25) is 5.02 Å². The molecule has 0 radical (unpaired) electrons. The highest BCUT2D eigenvalue weighted by atomic mass is 35.5. The minimum Gasteiger partial charge on any atom is -0.298 e. The van der Waals surface area contributed by atoms with E-state index in [1.807, 2.05) is 0 Å². The Morgan fingerprint density at radius 2 is 2.13 bits per heavy atom. The predicted octanol–water partition coefficient (Wildman–Crippen LogP) is 3.15. The van der Waals surface area contributed by atoms with Crippen LogP contribution in [0.25, 0.3) is 0 Å². The highest BCUT2D eigenvalue weighted by molar-refractivity contribution is 6.30. The fourth-order valence-electron chi connectivity index (χ4n) is 1.81. The zero-order valence-electron chi connectivity index (χ0n) is 8.22. The van der Waals surface area contributed by atoms with Crippen molar-refractivity contribution in [2.75, 3.05) is 19.0 Å². The van der Waals surface area contributed by atoms with E-state index >= 15 is 0 Å². The van der Waals surface area contributed by atoms with Crippen LogP contribution in [0.4, 0.5) is 4.39 Å². The minimum absolute atomic E-state index is 0.196. The maximum absolute atomic E-state index is 13.5. The zero-order valence-corrected chi connectivity index (χ0v) is 9.73. The van der Waals surface area contributed by atoms with Crippen LogP contribution in [0.15, 0.2) is 18.2 Å². The van der Waals surface area contributed by atoms with Gasteiger partial charge >= 0.3 is 0 Å². The Hall–Kier alpha value is -0.310. The number of hydrogen-bond acceptors (Lipinski definition) is 1. The standard InChI is InChI=1S/C11H12Cl2FN/c12-4-8-5-15(6-8)7-9-2-1-3-10(13)11(9)14/h1-3,8H,4-7H2. The van der Waals surface area contributed by atoms with E-state index in [1.165, 1.54) is 0 Å². The second-order valence-corrected chi connectivity index (χ2v) is 4.64. The summed E-state index contributed by atoms with van der Waals surface area (Å²) in [6, 6.07) is 5.12. The minimum atomic E-state index is -0.298. The molecule has 1 fully saturated rings. The maximum Gasteiger partial charge on any atom is 0.146 e. The highest BCUT2D eigenvalue weighted by Gasteiger charge is 2.26. The molecule has 1 nitrogen and oxygen atoms in total. The Labute approximate surface area is 98.8 Å². The molecule has 15 heavy (non-hydrogen) atoms. The quantitative estimate of drug-likeness (QED) is 0.743. The monoisotopic (exact) mass is 247 g/mol. The molecule has 0 atom stereocenters. The van der Waals surface area contributed by atoms with E-state index in [4.69, 9.17) is 23.2 Å². The van der Waals surface area contributed by atoms with Gasteiger partial charge in [0.1, 0.15) is 5.82 Å². The molecular formula is C11H12Cl2FN. The van der Waals surface area contributed by atoms with Crippen LogP contribution >= 0.6 is 23.2 Å². The zero-order chi connectivity index (χ0) is 10.8. The van der Waals surface area contributed by atoms with E-state index in [9.17, 15) is 4.39 Å². The molecule has 4 heteroatoms. The van der Waals surface area contributed by atoms with Crippen LogP contribution in [0, 0.1) is 11.7 Å². The van der Waals surface area contributed by atoms with Crippen molar-refractivity contribution in [3.8, 4) is 0 Å². The third-order valence-electron chi connectivity index (χ3n) is 2.68. The number of hydrogen-bond donors (Lipinski definition) is 0. The number of rotatable bonds is 3. The van der Waals surface area contributed by atoms with Gasteiger partial charge in [-0.25, -0.2) is 4.39 Å². The molecule has 0 aliphatic carbocycles. The SMILES string of the molecule is Fc1c(Cl)cccc1CN1CC(CCl)C1. The first-order valence-corrected chi connectivity index (χ1v) is 5.83. The van der Waals surface area contributed by atoms with Gasteiger partial charge in [-0.15, -0.1) is 11.6 Å². The lowest BCUT2D eigenvalue weighted by atomic mass is 10.0.